The molecule has 1 amide bonds. The Bertz CT molecular complexity index is 623. The molecule has 0 saturated heterocycles. The van der Waals surface area contributed by atoms with Gasteiger partial charge in [-0.3, -0.25) is 4.79 Å². The fourth-order valence-electron chi connectivity index (χ4n) is 2.09. The maximum atomic E-state index is 12.4. The second kappa shape index (κ2) is 6.95. The third-order valence-electron chi connectivity index (χ3n) is 3.22. The van der Waals surface area contributed by atoms with E-state index in [4.69, 9.17) is 5.73 Å². The van der Waals surface area contributed by atoms with Crippen molar-refractivity contribution < 1.29 is 4.79 Å². The zero-order valence-electron chi connectivity index (χ0n) is 12.4. The van der Waals surface area contributed by atoms with Gasteiger partial charge in [0, 0.05) is 5.69 Å². The van der Waals surface area contributed by atoms with Crippen LogP contribution in [-0.2, 0) is 12.8 Å². The Morgan fingerprint density at radius 1 is 1.24 bits per heavy atom. The molecule has 1 aromatic heterocycles. The topological polar surface area (TPSA) is 80.9 Å². The highest BCUT2D eigenvalue weighted by Gasteiger charge is 2.13. The number of nitrogens with zero attached hydrogens (tertiary/aromatic N) is 2. The van der Waals surface area contributed by atoms with Crippen LogP contribution < -0.4 is 11.1 Å². The second-order valence-electron chi connectivity index (χ2n) is 4.89. The number of hydrogen-bond donors (Lipinski definition) is 2. The van der Waals surface area contributed by atoms with Gasteiger partial charge in [0.05, 0.1) is 17.0 Å². The fourth-order valence-corrected chi connectivity index (χ4v) is 2.09. The van der Waals surface area contributed by atoms with Crippen molar-refractivity contribution in [2.75, 3.05) is 11.9 Å². The predicted octanol–water partition coefficient (Wildman–Crippen LogP) is 2.10. The SMILES string of the molecule is CCc1nnc(C)cc1C(=O)Nc1ccc(CCN)cc1. The molecule has 3 N–H and O–H groups in total. The van der Waals surface area contributed by atoms with Crippen LogP contribution in [0.5, 0.6) is 0 Å². The summed E-state index contributed by atoms with van der Waals surface area (Å²) in [5, 5.41) is 11.0. The minimum Gasteiger partial charge on any atom is -0.330 e. The van der Waals surface area contributed by atoms with Crippen LogP contribution in [-0.4, -0.2) is 22.6 Å². The first-order valence-corrected chi connectivity index (χ1v) is 7.07. The molecule has 0 unspecified atom stereocenters. The maximum Gasteiger partial charge on any atom is 0.257 e. The van der Waals surface area contributed by atoms with Gasteiger partial charge in [0.1, 0.15) is 0 Å². The van der Waals surface area contributed by atoms with Crippen LogP contribution in [0.3, 0.4) is 0 Å². The molecular formula is C16H20N4O. The van der Waals surface area contributed by atoms with E-state index in [0.717, 1.165) is 23.4 Å². The molecule has 0 fully saturated rings. The summed E-state index contributed by atoms with van der Waals surface area (Å²) < 4.78 is 0. The Kier molecular flexibility index (Phi) is 5.00. The first-order chi connectivity index (χ1) is 10.1. The lowest BCUT2D eigenvalue weighted by Gasteiger charge is -2.09. The van der Waals surface area contributed by atoms with Gasteiger partial charge in [0.15, 0.2) is 0 Å². The molecule has 0 radical (unpaired) electrons. The Hall–Kier alpha value is -2.27. The molecule has 21 heavy (non-hydrogen) atoms. The minimum atomic E-state index is -0.156. The summed E-state index contributed by atoms with van der Waals surface area (Å²) in [5.41, 5.74) is 9.46. The molecule has 0 aliphatic carbocycles. The lowest BCUT2D eigenvalue weighted by atomic mass is 10.1. The van der Waals surface area contributed by atoms with Crippen LogP contribution in [0.15, 0.2) is 30.3 Å². The van der Waals surface area contributed by atoms with Crippen molar-refractivity contribution in [2.45, 2.75) is 26.7 Å². The molecular weight excluding hydrogens is 264 g/mol. The normalized spacial score (nSPS) is 10.4. The highest BCUT2D eigenvalue weighted by molar-refractivity contribution is 6.05. The van der Waals surface area contributed by atoms with Gasteiger partial charge in [-0.2, -0.15) is 10.2 Å². The van der Waals surface area contributed by atoms with Gasteiger partial charge in [-0.05, 0) is 50.1 Å². The number of amides is 1. The van der Waals surface area contributed by atoms with Crippen LogP contribution in [0.25, 0.3) is 0 Å². The number of nitrogens with two attached hydrogens (primary N) is 1. The van der Waals surface area contributed by atoms with E-state index in [0.29, 0.717) is 24.2 Å². The number of aromatic nitrogens is 2. The number of hydrogen-bond acceptors (Lipinski definition) is 4. The molecule has 0 saturated carbocycles. The van der Waals surface area contributed by atoms with Crippen LogP contribution >= 0.6 is 0 Å². The number of aryl methyl sites for hydroxylation is 2. The molecule has 5 nitrogen and oxygen atoms in total. The number of nitrogens with one attached hydrogen (secondary N) is 1. The van der Waals surface area contributed by atoms with Gasteiger partial charge < -0.3 is 11.1 Å². The maximum absolute atomic E-state index is 12.4. The van der Waals surface area contributed by atoms with Crippen molar-refractivity contribution in [1.82, 2.24) is 10.2 Å². The molecule has 0 atom stereocenters. The van der Waals surface area contributed by atoms with Gasteiger partial charge in [-0.25, -0.2) is 0 Å². The van der Waals surface area contributed by atoms with E-state index in [1.807, 2.05) is 38.1 Å². The molecule has 0 aliphatic rings. The zero-order valence-corrected chi connectivity index (χ0v) is 12.4. The van der Waals surface area contributed by atoms with Crippen molar-refractivity contribution >= 4 is 11.6 Å². The van der Waals surface area contributed by atoms with Crippen LogP contribution in [0.4, 0.5) is 5.69 Å². The largest absolute Gasteiger partial charge is 0.330 e. The molecule has 0 bridgehead atoms. The summed E-state index contributed by atoms with van der Waals surface area (Å²) in [7, 11) is 0. The first kappa shape index (κ1) is 15.1. The second-order valence-corrected chi connectivity index (χ2v) is 4.89. The summed E-state index contributed by atoms with van der Waals surface area (Å²) in [6.07, 6.45) is 1.51. The standard InChI is InChI=1S/C16H20N4O/c1-3-15-14(10-11(2)19-20-15)16(21)18-13-6-4-12(5-7-13)8-9-17/h4-7,10H,3,8-9,17H2,1-2H3,(H,18,21). The smallest absolute Gasteiger partial charge is 0.257 e. The summed E-state index contributed by atoms with van der Waals surface area (Å²) in [6.45, 7) is 4.40. The molecule has 5 heteroatoms. The minimum absolute atomic E-state index is 0.156. The lowest BCUT2D eigenvalue weighted by Crippen LogP contribution is -2.16. The highest BCUT2D eigenvalue weighted by Crippen LogP contribution is 2.14. The van der Waals surface area contributed by atoms with Crippen molar-refractivity contribution in [2.24, 2.45) is 5.73 Å². The molecule has 0 aliphatic heterocycles. The molecule has 2 aromatic rings. The van der Waals surface area contributed by atoms with Crippen LogP contribution in [0.2, 0.25) is 0 Å². The van der Waals surface area contributed by atoms with Crippen molar-refractivity contribution in [3.8, 4) is 0 Å². The first-order valence-electron chi connectivity index (χ1n) is 7.07. The molecule has 2 rings (SSSR count). The van der Waals surface area contributed by atoms with Gasteiger partial charge in [-0.1, -0.05) is 19.1 Å². The average molecular weight is 284 g/mol. The van der Waals surface area contributed by atoms with E-state index in [1.165, 1.54) is 0 Å². The summed E-state index contributed by atoms with van der Waals surface area (Å²) in [4.78, 5) is 12.4. The number of carbonyl (C=O) groups is 1. The van der Waals surface area contributed by atoms with E-state index < -0.39 is 0 Å². The van der Waals surface area contributed by atoms with Crippen molar-refractivity contribution in [3.63, 3.8) is 0 Å². The summed E-state index contributed by atoms with van der Waals surface area (Å²) >= 11 is 0. The average Bonchev–Trinajstić information content (AvgIpc) is 2.49. The predicted molar refractivity (Wildman–Crippen MR) is 83.3 cm³/mol. The van der Waals surface area contributed by atoms with Crippen molar-refractivity contribution in [3.05, 3.63) is 52.8 Å². The lowest BCUT2D eigenvalue weighted by molar-refractivity contribution is 0.102. The zero-order chi connectivity index (χ0) is 15.2. The molecule has 110 valence electrons. The number of rotatable bonds is 5. The Balaban J connectivity index is 2.15. The number of carbonyl (C=O) groups excluding carboxylic acids is 1. The fraction of sp³-hybridized carbons (Fsp3) is 0.312. The Morgan fingerprint density at radius 3 is 2.57 bits per heavy atom. The molecule has 1 aromatic carbocycles. The van der Waals surface area contributed by atoms with Gasteiger partial charge in [-0.15, -0.1) is 0 Å². The monoisotopic (exact) mass is 284 g/mol. The van der Waals surface area contributed by atoms with E-state index >= 15 is 0 Å². The van der Waals surface area contributed by atoms with Crippen molar-refractivity contribution in [1.29, 1.82) is 0 Å². The van der Waals surface area contributed by atoms with Crippen LogP contribution in [0.1, 0.15) is 34.2 Å². The summed E-state index contributed by atoms with van der Waals surface area (Å²) in [6, 6.07) is 9.48. The van der Waals surface area contributed by atoms with Gasteiger partial charge in [0.2, 0.25) is 0 Å². The van der Waals surface area contributed by atoms with Gasteiger partial charge in [0.25, 0.3) is 5.91 Å². The third-order valence-corrected chi connectivity index (χ3v) is 3.22. The third kappa shape index (κ3) is 3.86. The van der Waals surface area contributed by atoms with Gasteiger partial charge >= 0.3 is 0 Å². The number of anilines is 1. The Morgan fingerprint density at radius 2 is 1.95 bits per heavy atom. The molecule has 1 heterocycles. The number of benzene rings is 1. The molecule has 0 spiro atoms. The van der Waals surface area contributed by atoms with E-state index in [9.17, 15) is 4.79 Å². The van der Waals surface area contributed by atoms with Crippen LogP contribution in [0, 0.1) is 6.92 Å². The van der Waals surface area contributed by atoms with E-state index in [-0.39, 0.29) is 5.91 Å². The highest BCUT2D eigenvalue weighted by atomic mass is 16.1. The van der Waals surface area contributed by atoms with E-state index in [1.54, 1.807) is 6.07 Å². The van der Waals surface area contributed by atoms with E-state index in [2.05, 4.69) is 15.5 Å². The summed E-state index contributed by atoms with van der Waals surface area (Å²) in [5.74, 6) is -0.156. The Labute approximate surface area is 124 Å². The quantitative estimate of drug-likeness (QED) is 0.881.